The molecule has 3 aromatic rings. The topological polar surface area (TPSA) is 54.4 Å². The Hall–Kier alpha value is -1.98. The first-order chi connectivity index (χ1) is 10.7. The molecule has 22 heavy (non-hydrogen) atoms. The van der Waals surface area contributed by atoms with Gasteiger partial charge in [0.1, 0.15) is 11.3 Å². The summed E-state index contributed by atoms with van der Waals surface area (Å²) in [5, 5.41) is 3.98. The van der Waals surface area contributed by atoms with E-state index in [1.165, 1.54) is 0 Å². The monoisotopic (exact) mass is 317 g/mol. The fourth-order valence-electron chi connectivity index (χ4n) is 2.85. The van der Waals surface area contributed by atoms with Gasteiger partial charge in [-0.3, -0.25) is 0 Å². The van der Waals surface area contributed by atoms with Crippen molar-refractivity contribution in [2.45, 2.75) is 13.0 Å². The van der Waals surface area contributed by atoms with E-state index in [1.54, 1.807) is 6.26 Å². The average Bonchev–Trinajstić information content (AvgIpc) is 3.15. The summed E-state index contributed by atoms with van der Waals surface area (Å²) in [5.41, 5.74) is 2.29. The predicted molar refractivity (Wildman–Crippen MR) is 86.4 cm³/mol. The maximum absolute atomic E-state index is 6.22. The van der Waals surface area contributed by atoms with Gasteiger partial charge in [-0.25, -0.2) is 0 Å². The Balaban J connectivity index is 1.85. The molecule has 6 heteroatoms. The van der Waals surface area contributed by atoms with E-state index < -0.39 is 0 Å². The van der Waals surface area contributed by atoms with Gasteiger partial charge in [-0.15, -0.1) is 0 Å². The van der Waals surface area contributed by atoms with Crippen LogP contribution < -0.4 is 10.2 Å². The normalized spacial score (nSPS) is 19.0. The highest BCUT2D eigenvalue weighted by Gasteiger charge is 2.24. The van der Waals surface area contributed by atoms with Crippen LogP contribution in [0.25, 0.3) is 22.4 Å². The average molecular weight is 318 g/mol. The maximum Gasteiger partial charge on any atom is 0.298 e. The van der Waals surface area contributed by atoms with Crippen molar-refractivity contribution >= 4 is 28.7 Å². The van der Waals surface area contributed by atoms with E-state index in [0.29, 0.717) is 22.7 Å². The van der Waals surface area contributed by atoms with Crippen molar-refractivity contribution in [2.75, 3.05) is 24.5 Å². The second-order valence-electron chi connectivity index (χ2n) is 5.52. The fraction of sp³-hybridized carbons (Fsp3) is 0.312. The molecule has 114 valence electrons. The number of anilines is 1. The molecular formula is C16H16ClN3O2. The van der Waals surface area contributed by atoms with Crippen molar-refractivity contribution in [3.63, 3.8) is 0 Å². The first-order valence-electron chi connectivity index (χ1n) is 7.34. The van der Waals surface area contributed by atoms with Gasteiger partial charge in [-0.2, -0.15) is 4.98 Å². The molecular weight excluding hydrogens is 302 g/mol. The third-order valence-corrected chi connectivity index (χ3v) is 4.20. The minimum absolute atomic E-state index is 0.337. The van der Waals surface area contributed by atoms with Gasteiger partial charge in [0, 0.05) is 30.7 Å². The number of hydrogen-bond donors (Lipinski definition) is 1. The summed E-state index contributed by atoms with van der Waals surface area (Å²) < 4.78 is 11.5. The van der Waals surface area contributed by atoms with Crippen LogP contribution in [0.1, 0.15) is 6.92 Å². The lowest BCUT2D eigenvalue weighted by Gasteiger charge is -2.32. The molecule has 3 heterocycles. The number of aromatic nitrogens is 1. The number of halogens is 1. The molecule has 2 aromatic heterocycles. The van der Waals surface area contributed by atoms with Crippen LogP contribution in [-0.2, 0) is 0 Å². The predicted octanol–water partition coefficient (Wildman–Crippen LogP) is 3.54. The van der Waals surface area contributed by atoms with Gasteiger partial charge in [0.05, 0.1) is 11.8 Å². The first kappa shape index (κ1) is 13.7. The van der Waals surface area contributed by atoms with Gasteiger partial charge >= 0.3 is 0 Å². The molecule has 0 radical (unpaired) electrons. The Bertz CT molecular complexity index is 797. The molecule has 1 unspecified atom stereocenters. The third-order valence-electron chi connectivity index (χ3n) is 3.98. The van der Waals surface area contributed by atoms with Crippen LogP contribution >= 0.6 is 11.6 Å². The smallest absolute Gasteiger partial charge is 0.298 e. The van der Waals surface area contributed by atoms with Gasteiger partial charge in [0.25, 0.3) is 6.01 Å². The number of hydrogen-bond acceptors (Lipinski definition) is 5. The first-order valence-corrected chi connectivity index (χ1v) is 7.71. The second-order valence-corrected chi connectivity index (χ2v) is 5.96. The van der Waals surface area contributed by atoms with Crippen LogP contribution in [0.15, 0.2) is 39.4 Å². The molecule has 0 saturated carbocycles. The zero-order valence-electron chi connectivity index (χ0n) is 12.2. The van der Waals surface area contributed by atoms with Crippen molar-refractivity contribution in [1.29, 1.82) is 0 Å². The van der Waals surface area contributed by atoms with E-state index in [0.717, 1.165) is 36.5 Å². The van der Waals surface area contributed by atoms with Crippen molar-refractivity contribution in [3.8, 4) is 11.3 Å². The van der Waals surface area contributed by atoms with Crippen LogP contribution in [0.3, 0.4) is 0 Å². The summed E-state index contributed by atoms with van der Waals surface area (Å²) in [4.78, 5) is 6.80. The van der Waals surface area contributed by atoms with E-state index in [1.807, 2.05) is 24.3 Å². The molecule has 5 nitrogen and oxygen atoms in total. The summed E-state index contributed by atoms with van der Waals surface area (Å²) in [6.07, 6.45) is 1.64. The van der Waals surface area contributed by atoms with Gasteiger partial charge in [-0.1, -0.05) is 11.6 Å². The highest BCUT2D eigenvalue weighted by atomic mass is 35.5. The minimum atomic E-state index is 0.337. The zero-order chi connectivity index (χ0) is 15.1. The minimum Gasteiger partial charge on any atom is -0.464 e. The summed E-state index contributed by atoms with van der Waals surface area (Å²) in [5.74, 6) is 0.726. The molecule has 0 spiro atoms. The molecule has 1 aliphatic rings. The molecule has 0 bridgehead atoms. The van der Waals surface area contributed by atoms with E-state index in [-0.39, 0.29) is 0 Å². The van der Waals surface area contributed by atoms with Crippen LogP contribution in [0.2, 0.25) is 5.02 Å². The molecule has 0 aliphatic carbocycles. The van der Waals surface area contributed by atoms with Crippen LogP contribution in [-0.4, -0.2) is 30.7 Å². The second kappa shape index (κ2) is 5.34. The Morgan fingerprint density at radius 3 is 3.09 bits per heavy atom. The Morgan fingerprint density at radius 1 is 1.41 bits per heavy atom. The number of piperazine rings is 1. The quantitative estimate of drug-likeness (QED) is 0.783. The molecule has 0 amide bonds. The number of furan rings is 1. The molecule has 1 aromatic carbocycles. The fourth-order valence-corrected chi connectivity index (χ4v) is 3.06. The lowest BCUT2D eigenvalue weighted by Crippen LogP contribution is -2.50. The van der Waals surface area contributed by atoms with Gasteiger partial charge in [0.2, 0.25) is 0 Å². The van der Waals surface area contributed by atoms with Gasteiger partial charge in [-0.05, 0) is 31.2 Å². The molecule has 1 atom stereocenters. The maximum atomic E-state index is 6.22. The summed E-state index contributed by atoms with van der Waals surface area (Å²) in [6, 6.07) is 8.38. The number of rotatable bonds is 2. The Kier molecular flexibility index (Phi) is 3.32. The number of nitrogens with one attached hydrogen (secondary N) is 1. The Labute approximate surface area is 132 Å². The van der Waals surface area contributed by atoms with Crippen molar-refractivity contribution in [2.24, 2.45) is 0 Å². The number of oxazole rings is 1. The van der Waals surface area contributed by atoms with Gasteiger partial charge < -0.3 is 19.1 Å². The van der Waals surface area contributed by atoms with Crippen molar-refractivity contribution in [1.82, 2.24) is 10.3 Å². The number of nitrogens with zero attached hydrogens (tertiary/aromatic N) is 2. The number of fused-ring (bicyclic) bond motifs is 1. The zero-order valence-corrected chi connectivity index (χ0v) is 12.9. The largest absolute Gasteiger partial charge is 0.464 e. The molecule has 1 fully saturated rings. The van der Waals surface area contributed by atoms with E-state index in [9.17, 15) is 0 Å². The lowest BCUT2D eigenvalue weighted by atomic mass is 10.1. The van der Waals surface area contributed by atoms with Crippen molar-refractivity contribution < 1.29 is 8.83 Å². The summed E-state index contributed by atoms with van der Waals surface area (Å²) in [7, 11) is 0. The van der Waals surface area contributed by atoms with Crippen LogP contribution in [0.4, 0.5) is 6.01 Å². The molecule has 1 saturated heterocycles. The van der Waals surface area contributed by atoms with E-state index >= 15 is 0 Å². The van der Waals surface area contributed by atoms with E-state index in [4.69, 9.17) is 20.4 Å². The molecule has 4 rings (SSSR count). The number of benzene rings is 1. The lowest BCUT2D eigenvalue weighted by molar-refractivity contribution is 0.456. The van der Waals surface area contributed by atoms with Crippen LogP contribution in [0.5, 0.6) is 0 Å². The third kappa shape index (κ3) is 2.26. The molecule has 1 aliphatic heterocycles. The van der Waals surface area contributed by atoms with Crippen LogP contribution in [0, 0.1) is 0 Å². The van der Waals surface area contributed by atoms with Gasteiger partial charge in [0.15, 0.2) is 5.58 Å². The Morgan fingerprint density at radius 2 is 2.32 bits per heavy atom. The summed E-state index contributed by atoms with van der Waals surface area (Å²) >= 11 is 6.22. The molecule has 1 N–H and O–H groups in total. The highest BCUT2D eigenvalue weighted by Crippen LogP contribution is 2.35. The standard InChI is InChI=1S/C16H16ClN3O2/c1-10-9-18-4-5-20(10)16-19-13-8-11(17)7-12(15(13)22-16)14-3-2-6-21-14/h2-3,6-8,10,18H,4-5,9H2,1H3. The highest BCUT2D eigenvalue weighted by molar-refractivity contribution is 6.31. The van der Waals surface area contributed by atoms with E-state index in [2.05, 4.69) is 22.1 Å². The summed E-state index contributed by atoms with van der Waals surface area (Å²) in [6.45, 7) is 4.87. The van der Waals surface area contributed by atoms with Crippen molar-refractivity contribution in [3.05, 3.63) is 35.6 Å². The SMILES string of the molecule is CC1CNCCN1c1nc2cc(Cl)cc(-c3ccco3)c2o1.